The molecule has 112 valence electrons. The molecular weight excluding hydrogens is 272 g/mol. The van der Waals surface area contributed by atoms with E-state index in [0.717, 1.165) is 40.9 Å². The molecule has 0 aromatic heterocycles. The van der Waals surface area contributed by atoms with Gasteiger partial charge in [-0.2, -0.15) is 0 Å². The average molecular weight is 292 g/mol. The third-order valence-electron chi connectivity index (χ3n) is 4.19. The number of Topliss-reactive ketones (excluding diaryl/α,β-unsaturated/α-hetero) is 1. The van der Waals surface area contributed by atoms with Crippen LogP contribution in [0.2, 0.25) is 0 Å². The van der Waals surface area contributed by atoms with Gasteiger partial charge in [0.2, 0.25) is 0 Å². The summed E-state index contributed by atoms with van der Waals surface area (Å²) in [7, 11) is 1.66. The zero-order valence-corrected chi connectivity index (χ0v) is 13.1. The van der Waals surface area contributed by atoms with Crippen LogP contribution in [0.3, 0.4) is 0 Å². The minimum Gasteiger partial charge on any atom is -0.497 e. The molecule has 2 aromatic carbocycles. The fourth-order valence-corrected chi connectivity index (χ4v) is 2.97. The first kappa shape index (κ1) is 14.6. The molecule has 0 heterocycles. The molecule has 0 aliphatic heterocycles. The third kappa shape index (κ3) is 2.82. The Hall–Kier alpha value is -2.35. The summed E-state index contributed by atoms with van der Waals surface area (Å²) in [6.45, 7) is 2.07. The van der Waals surface area contributed by atoms with E-state index in [-0.39, 0.29) is 5.78 Å². The summed E-state index contributed by atoms with van der Waals surface area (Å²) in [5.41, 5.74) is 5.45. The van der Waals surface area contributed by atoms with Gasteiger partial charge in [-0.25, -0.2) is 0 Å². The van der Waals surface area contributed by atoms with Gasteiger partial charge < -0.3 is 4.74 Å². The van der Waals surface area contributed by atoms with Crippen LogP contribution in [0.4, 0.5) is 0 Å². The van der Waals surface area contributed by atoms with Gasteiger partial charge in [0.05, 0.1) is 7.11 Å². The minimum atomic E-state index is 0.284. The smallest absolute Gasteiger partial charge is 0.159 e. The Labute approximate surface area is 131 Å². The molecule has 0 atom stereocenters. The molecule has 2 nitrogen and oxygen atoms in total. The number of hydrogen-bond donors (Lipinski definition) is 0. The molecule has 3 rings (SSSR count). The van der Waals surface area contributed by atoms with E-state index in [1.165, 1.54) is 5.56 Å². The summed E-state index contributed by atoms with van der Waals surface area (Å²) < 4.78 is 5.23. The van der Waals surface area contributed by atoms with Gasteiger partial charge in [0.1, 0.15) is 5.75 Å². The highest BCUT2D eigenvalue weighted by atomic mass is 16.5. The van der Waals surface area contributed by atoms with Crippen LogP contribution < -0.4 is 4.74 Å². The van der Waals surface area contributed by atoms with Crippen LogP contribution in [0.15, 0.2) is 54.1 Å². The molecule has 1 aliphatic rings. The Kier molecular flexibility index (Phi) is 4.10. The second-order valence-corrected chi connectivity index (χ2v) is 5.72. The monoisotopic (exact) mass is 292 g/mol. The number of benzene rings is 2. The van der Waals surface area contributed by atoms with Crippen LogP contribution in [0.5, 0.6) is 5.75 Å². The second-order valence-electron chi connectivity index (χ2n) is 5.72. The number of aryl methyl sites for hydroxylation is 1. The Morgan fingerprint density at radius 2 is 1.50 bits per heavy atom. The maximum atomic E-state index is 12.3. The molecule has 2 heteroatoms. The van der Waals surface area contributed by atoms with Gasteiger partial charge in [0.15, 0.2) is 5.78 Å². The highest BCUT2D eigenvalue weighted by Crippen LogP contribution is 2.34. The quantitative estimate of drug-likeness (QED) is 0.775. The molecule has 0 N–H and O–H groups in total. The SMILES string of the molecule is COc1ccc(/C(=C2\CCCC2=O)c2ccc(C)cc2)cc1. The summed E-state index contributed by atoms with van der Waals surface area (Å²) in [5.74, 6) is 1.11. The first-order valence-electron chi connectivity index (χ1n) is 7.67. The zero-order chi connectivity index (χ0) is 15.5. The fraction of sp³-hybridized carbons (Fsp3) is 0.250. The lowest BCUT2D eigenvalue weighted by molar-refractivity contribution is -0.114. The molecule has 1 saturated carbocycles. The number of ether oxygens (including phenoxy) is 1. The first-order valence-corrected chi connectivity index (χ1v) is 7.67. The molecule has 2 aromatic rings. The van der Waals surface area contributed by atoms with Gasteiger partial charge in [-0.05, 0) is 48.6 Å². The first-order chi connectivity index (χ1) is 10.7. The molecule has 0 amide bonds. The number of ketones is 1. The molecule has 1 aliphatic carbocycles. The van der Waals surface area contributed by atoms with Crippen molar-refractivity contribution >= 4 is 11.4 Å². The van der Waals surface area contributed by atoms with Crippen LogP contribution in [0.1, 0.15) is 36.0 Å². The standard InChI is InChI=1S/C20H20O2/c1-14-6-8-15(9-7-14)20(18-4-3-5-19(18)21)16-10-12-17(22-2)13-11-16/h6-13H,3-5H2,1-2H3/b20-18+. The Bertz CT molecular complexity index is 706. The van der Waals surface area contributed by atoms with Crippen molar-refractivity contribution in [1.29, 1.82) is 0 Å². The summed E-state index contributed by atoms with van der Waals surface area (Å²) in [4.78, 5) is 12.3. The highest BCUT2D eigenvalue weighted by molar-refractivity contribution is 6.07. The maximum Gasteiger partial charge on any atom is 0.159 e. The highest BCUT2D eigenvalue weighted by Gasteiger charge is 2.23. The molecule has 1 fully saturated rings. The topological polar surface area (TPSA) is 26.3 Å². The Morgan fingerprint density at radius 3 is 2.00 bits per heavy atom. The molecule has 0 bridgehead atoms. The lowest BCUT2D eigenvalue weighted by atomic mass is 9.91. The molecular formula is C20H20O2. The number of carbonyl (C=O) groups is 1. The number of methoxy groups -OCH3 is 1. The Morgan fingerprint density at radius 1 is 0.909 bits per heavy atom. The summed E-state index contributed by atoms with van der Waals surface area (Å²) in [6.07, 6.45) is 2.49. The van der Waals surface area contributed by atoms with Gasteiger partial charge in [-0.15, -0.1) is 0 Å². The maximum absolute atomic E-state index is 12.3. The third-order valence-corrected chi connectivity index (χ3v) is 4.19. The zero-order valence-electron chi connectivity index (χ0n) is 13.1. The van der Waals surface area contributed by atoms with Crippen molar-refractivity contribution in [3.63, 3.8) is 0 Å². The number of allylic oxidation sites excluding steroid dienone is 1. The van der Waals surface area contributed by atoms with Crippen LogP contribution in [0, 0.1) is 6.92 Å². The normalized spacial score (nSPS) is 16.7. The van der Waals surface area contributed by atoms with Crippen LogP contribution in [-0.2, 0) is 4.79 Å². The van der Waals surface area contributed by atoms with E-state index in [2.05, 4.69) is 31.2 Å². The number of rotatable bonds is 3. The van der Waals surface area contributed by atoms with Crippen molar-refractivity contribution in [2.24, 2.45) is 0 Å². The molecule has 0 spiro atoms. The number of carbonyl (C=O) groups excluding carboxylic acids is 1. The van der Waals surface area contributed by atoms with E-state index in [4.69, 9.17) is 4.74 Å². The van der Waals surface area contributed by atoms with Gasteiger partial charge in [-0.1, -0.05) is 42.0 Å². The summed E-state index contributed by atoms with van der Waals surface area (Å²) in [5, 5.41) is 0. The van der Waals surface area contributed by atoms with E-state index in [1.54, 1.807) is 7.11 Å². The second kappa shape index (κ2) is 6.18. The molecule has 22 heavy (non-hydrogen) atoms. The summed E-state index contributed by atoms with van der Waals surface area (Å²) >= 11 is 0. The van der Waals surface area contributed by atoms with Crippen molar-refractivity contribution in [3.05, 3.63) is 70.8 Å². The predicted octanol–water partition coefficient (Wildman–Crippen LogP) is 4.56. The van der Waals surface area contributed by atoms with E-state index in [9.17, 15) is 4.79 Å². The van der Waals surface area contributed by atoms with E-state index in [0.29, 0.717) is 6.42 Å². The van der Waals surface area contributed by atoms with E-state index >= 15 is 0 Å². The van der Waals surface area contributed by atoms with Crippen molar-refractivity contribution in [1.82, 2.24) is 0 Å². The number of hydrogen-bond acceptors (Lipinski definition) is 2. The lowest BCUT2D eigenvalue weighted by Gasteiger charge is -2.13. The largest absolute Gasteiger partial charge is 0.497 e. The van der Waals surface area contributed by atoms with E-state index in [1.807, 2.05) is 24.3 Å². The Balaban J connectivity index is 2.14. The van der Waals surface area contributed by atoms with Gasteiger partial charge in [0.25, 0.3) is 0 Å². The summed E-state index contributed by atoms with van der Waals surface area (Å²) in [6, 6.07) is 16.4. The van der Waals surface area contributed by atoms with Crippen LogP contribution in [0.25, 0.3) is 5.57 Å². The van der Waals surface area contributed by atoms with Crippen molar-refractivity contribution in [2.75, 3.05) is 7.11 Å². The van der Waals surface area contributed by atoms with Gasteiger partial charge in [0, 0.05) is 12.0 Å². The van der Waals surface area contributed by atoms with Gasteiger partial charge >= 0.3 is 0 Å². The van der Waals surface area contributed by atoms with E-state index < -0.39 is 0 Å². The molecule has 0 unspecified atom stereocenters. The van der Waals surface area contributed by atoms with Crippen molar-refractivity contribution < 1.29 is 9.53 Å². The van der Waals surface area contributed by atoms with Crippen molar-refractivity contribution in [3.8, 4) is 5.75 Å². The van der Waals surface area contributed by atoms with Crippen LogP contribution >= 0.6 is 0 Å². The fourth-order valence-electron chi connectivity index (χ4n) is 2.97. The predicted molar refractivity (Wildman–Crippen MR) is 89.1 cm³/mol. The van der Waals surface area contributed by atoms with Gasteiger partial charge in [-0.3, -0.25) is 4.79 Å². The molecule has 0 saturated heterocycles. The van der Waals surface area contributed by atoms with Crippen LogP contribution in [-0.4, -0.2) is 12.9 Å². The van der Waals surface area contributed by atoms with Crippen molar-refractivity contribution in [2.45, 2.75) is 26.2 Å². The lowest BCUT2D eigenvalue weighted by Crippen LogP contribution is -2.00. The minimum absolute atomic E-state index is 0.284. The molecule has 0 radical (unpaired) electrons. The average Bonchev–Trinajstić information content (AvgIpc) is 2.96.